The van der Waals surface area contributed by atoms with Gasteiger partial charge >= 0.3 is 0 Å². The molecule has 0 radical (unpaired) electrons. The Hall–Kier alpha value is -0.650. The quantitative estimate of drug-likeness (QED) is 0.788. The molecule has 0 fully saturated rings. The molecule has 3 nitrogen and oxygen atoms in total. The zero-order valence-corrected chi connectivity index (χ0v) is 14.7. The topological polar surface area (TPSA) is 29.9 Å². The number of aromatic nitrogens is 2. The molecule has 2 aromatic heterocycles. The van der Waals surface area contributed by atoms with Crippen LogP contribution in [0.3, 0.4) is 0 Å². The van der Waals surface area contributed by atoms with Gasteiger partial charge in [-0.25, -0.2) is 0 Å². The van der Waals surface area contributed by atoms with E-state index in [4.69, 9.17) is 0 Å². The maximum absolute atomic E-state index is 4.51. The average molecular weight is 356 g/mol. The monoisotopic (exact) mass is 355 g/mol. The molecule has 20 heavy (non-hydrogen) atoms. The molecule has 0 aromatic carbocycles. The van der Waals surface area contributed by atoms with Crippen molar-refractivity contribution < 1.29 is 0 Å². The van der Waals surface area contributed by atoms with E-state index in [0.29, 0.717) is 12.1 Å². The Balaban J connectivity index is 2.28. The minimum Gasteiger partial charge on any atom is -0.308 e. The number of nitrogens with one attached hydrogen (secondary N) is 1. The van der Waals surface area contributed by atoms with Crippen LogP contribution in [0.1, 0.15) is 49.8 Å². The number of nitrogens with zero attached hydrogens (tertiary/aromatic N) is 2. The molecule has 2 rings (SSSR count). The first-order valence-corrected chi connectivity index (χ1v) is 8.79. The molecule has 0 aliphatic rings. The van der Waals surface area contributed by atoms with Crippen molar-refractivity contribution in [2.75, 3.05) is 6.54 Å². The summed E-state index contributed by atoms with van der Waals surface area (Å²) in [7, 11) is 0. The Kier molecular flexibility index (Phi) is 5.81. The van der Waals surface area contributed by atoms with Crippen LogP contribution in [-0.2, 0) is 6.42 Å². The molecule has 5 heteroatoms. The van der Waals surface area contributed by atoms with E-state index in [-0.39, 0.29) is 0 Å². The third-order valence-electron chi connectivity index (χ3n) is 3.23. The summed E-state index contributed by atoms with van der Waals surface area (Å²) < 4.78 is 3.21. The van der Waals surface area contributed by atoms with Crippen molar-refractivity contribution in [2.24, 2.45) is 0 Å². The van der Waals surface area contributed by atoms with Gasteiger partial charge in [-0.05, 0) is 54.2 Å². The first kappa shape index (κ1) is 15.7. The van der Waals surface area contributed by atoms with Gasteiger partial charge in [-0.15, -0.1) is 11.3 Å². The Morgan fingerprint density at radius 3 is 2.85 bits per heavy atom. The maximum Gasteiger partial charge on any atom is 0.0702 e. The normalized spacial score (nSPS) is 13.1. The fourth-order valence-corrected chi connectivity index (χ4v) is 3.60. The standard InChI is InChI=1S/C15H22BrN3S/c1-4-7-17-14(9-12-6-5-8-20-12)15-13(16)10-18-19(15)11(2)3/h5-6,8,10-11,14,17H,4,7,9H2,1-3H3. The van der Waals surface area contributed by atoms with Gasteiger partial charge in [0.15, 0.2) is 0 Å². The number of halogens is 1. The van der Waals surface area contributed by atoms with Crippen molar-refractivity contribution >= 4 is 27.3 Å². The van der Waals surface area contributed by atoms with E-state index in [1.807, 2.05) is 17.5 Å². The lowest BCUT2D eigenvalue weighted by molar-refractivity contribution is 0.442. The van der Waals surface area contributed by atoms with Gasteiger partial charge in [0.2, 0.25) is 0 Å². The van der Waals surface area contributed by atoms with Gasteiger partial charge in [0.25, 0.3) is 0 Å². The summed E-state index contributed by atoms with van der Waals surface area (Å²) in [6, 6.07) is 4.99. The first-order chi connectivity index (χ1) is 9.63. The summed E-state index contributed by atoms with van der Waals surface area (Å²) in [5.74, 6) is 0. The van der Waals surface area contributed by atoms with Crippen LogP contribution in [0.2, 0.25) is 0 Å². The zero-order valence-electron chi connectivity index (χ0n) is 12.3. The molecular formula is C15H22BrN3S. The third-order valence-corrected chi connectivity index (χ3v) is 4.74. The highest BCUT2D eigenvalue weighted by Gasteiger charge is 2.21. The second-order valence-corrected chi connectivity index (χ2v) is 7.09. The summed E-state index contributed by atoms with van der Waals surface area (Å²) in [4.78, 5) is 1.40. The SMILES string of the molecule is CCCNC(Cc1cccs1)c1c(Br)cnn1C(C)C. The molecular weight excluding hydrogens is 334 g/mol. The Bertz CT molecular complexity index is 519. The van der Waals surface area contributed by atoms with Crippen LogP contribution in [-0.4, -0.2) is 16.3 Å². The molecule has 0 spiro atoms. The molecule has 0 amide bonds. The lowest BCUT2D eigenvalue weighted by Gasteiger charge is -2.22. The fourth-order valence-electron chi connectivity index (χ4n) is 2.30. The van der Waals surface area contributed by atoms with E-state index in [2.05, 4.69) is 69.3 Å². The molecule has 1 N–H and O–H groups in total. The first-order valence-electron chi connectivity index (χ1n) is 7.12. The van der Waals surface area contributed by atoms with E-state index in [9.17, 15) is 0 Å². The average Bonchev–Trinajstić information content (AvgIpc) is 3.04. The van der Waals surface area contributed by atoms with E-state index in [1.54, 1.807) is 0 Å². The number of thiophene rings is 1. The minimum atomic E-state index is 0.299. The van der Waals surface area contributed by atoms with Crippen molar-refractivity contribution in [1.82, 2.24) is 15.1 Å². The molecule has 2 heterocycles. The van der Waals surface area contributed by atoms with Crippen LogP contribution in [0.15, 0.2) is 28.2 Å². The van der Waals surface area contributed by atoms with Crippen LogP contribution < -0.4 is 5.32 Å². The smallest absolute Gasteiger partial charge is 0.0702 e. The van der Waals surface area contributed by atoms with E-state index < -0.39 is 0 Å². The molecule has 2 aromatic rings. The predicted molar refractivity (Wildman–Crippen MR) is 89.4 cm³/mol. The molecule has 110 valence electrons. The van der Waals surface area contributed by atoms with Crippen molar-refractivity contribution in [3.8, 4) is 0 Å². The Morgan fingerprint density at radius 2 is 2.25 bits per heavy atom. The lowest BCUT2D eigenvalue weighted by Crippen LogP contribution is -2.27. The predicted octanol–water partition coefficient (Wildman–Crippen LogP) is 4.57. The summed E-state index contributed by atoms with van der Waals surface area (Å²) in [6.07, 6.45) is 4.05. The van der Waals surface area contributed by atoms with Crippen LogP contribution in [0.5, 0.6) is 0 Å². The summed E-state index contributed by atoms with van der Waals surface area (Å²) in [5.41, 5.74) is 1.25. The zero-order chi connectivity index (χ0) is 14.5. The third kappa shape index (κ3) is 3.71. The molecule has 1 unspecified atom stereocenters. The molecule has 0 bridgehead atoms. The van der Waals surface area contributed by atoms with Gasteiger partial charge in [-0.2, -0.15) is 5.10 Å². The van der Waals surface area contributed by atoms with E-state index in [1.165, 1.54) is 10.6 Å². The molecule has 0 aliphatic heterocycles. The van der Waals surface area contributed by atoms with Crippen LogP contribution in [0.4, 0.5) is 0 Å². The van der Waals surface area contributed by atoms with Gasteiger partial charge in [0, 0.05) is 17.3 Å². The second-order valence-electron chi connectivity index (χ2n) is 5.21. The van der Waals surface area contributed by atoms with E-state index >= 15 is 0 Å². The van der Waals surface area contributed by atoms with Gasteiger partial charge in [0.05, 0.1) is 22.4 Å². The highest BCUT2D eigenvalue weighted by atomic mass is 79.9. The lowest BCUT2D eigenvalue weighted by atomic mass is 10.1. The largest absolute Gasteiger partial charge is 0.308 e. The number of hydrogen-bond donors (Lipinski definition) is 1. The van der Waals surface area contributed by atoms with Gasteiger partial charge in [-0.1, -0.05) is 13.0 Å². The summed E-state index contributed by atoms with van der Waals surface area (Å²) in [5, 5.41) is 10.3. The number of rotatable bonds is 7. The fraction of sp³-hybridized carbons (Fsp3) is 0.533. The van der Waals surface area contributed by atoms with Gasteiger partial charge in [0.1, 0.15) is 0 Å². The number of hydrogen-bond acceptors (Lipinski definition) is 3. The maximum atomic E-state index is 4.51. The second kappa shape index (κ2) is 7.38. The molecule has 1 atom stereocenters. The Morgan fingerprint density at radius 1 is 1.45 bits per heavy atom. The molecule has 0 aliphatic carbocycles. The Labute approximate surface area is 133 Å². The van der Waals surface area contributed by atoms with Crippen LogP contribution in [0, 0.1) is 0 Å². The highest BCUT2D eigenvalue weighted by molar-refractivity contribution is 9.10. The van der Waals surface area contributed by atoms with Crippen molar-refractivity contribution in [3.63, 3.8) is 0 Å². The van der Waals surface area contributed by atoms with Crippen LogP contribution in [0.25, 0.3) is 0 Å². The van der Waals surface area contributed by atoms with Gasteiger partial charge in [-0.3, -0.25) is 4.68 Å². The van der Waals surface area contributed by atoms with E-state index in [0.717, 1.165) is 23.9 Å². The highest BCUT2D eigenvalue weighted by Crippen LogP contribution is 2.29. The van der Waals surface area contributed by atoms with Crippen molar-refractivity contribution in [2.45, 2.75) is 45.7 Å². The minimum absolute atomic E-state index is 0.299. The molecule has 0 saturated heterocycles. The molecule has 0 saturated carbocycles. The summed E-state index contributed by atoms with van der Waals surface area (Å²) >= 11 is 5.48. The summed E-state index contributed by atoms with van der Waals surface area (Å²) in [6.45, 7) is 7.56. The van der Waals surface area contributed by atoms with Crippen molar-refractivity contribution in [1.29, 1.82) is 0 Å². The van der Waals surface area contributed by atoms with Crippen LogP contribution >= 0.6 is 27.3 Å². The van der Waals surface area contributed by atoms with Gasteiger partial charge < -0.3 is 5.32 Å². The van der Waals surface area contributed by atoms with Crippen molar-refractivity contribution in [3.05, 3.63) is 38.8 Å².